The Kier molecular flexibility index (Phi) is 4.77. The summed E-state index contributed by atoms with van der Waals surface area (Å²) in [6.45, 7) is 6.75. The third-order valence-corrected chi connectivity index (χ3v) is 4.78. The summed E-state index contributed by atoms with van der Waals surface area (Å²) in [4.78, 5) is 25.2. The Balaban J connectivity index is 1.76. The van der Waals surface area contributed by atoms with E-state index in [9.17, 15) is 4.79 Å². The van der Waals surface area contributed by atoms with Gasteiger partial charge < -0.3 is 14.5 Å². The minimum absolute atomic E-state index is 0.0416. The van der Waals surface area contributed by atoms with Gasteiger partial charge in [0.15, 0.2) is 6.10 Å². The van der Waals surface area contributed by atoms with E-state index in [2.05, 4.69) is 28.7 Å². The number of amides is 1. The molecule has 0 spiro atoms. The highest BCUT2D eigenvalue weighted by molar-refractivity contribution is 7.17. The molecule has 2 aromatic rings. The number of likely N-dealkylation sites (N-methyl/N-ethyl adjacent to an activating group) is 1. The quantitative estimate of drug-likeness (QED) is 0.856. The number of thiophene rings is 1. The predicted octanol–water partition coefficient (Wildman–Crippen LogP) is 2.01. The SMILES string of the molecule is CC(C)CN(C)C(=O)[C@@H]1CN(c2ncnc3ccsc23)CCO1. The molecule has 0 saturated carbocycles. The normalized spacial score (nSPS) is 18.6. The summed E-state index contributed by atoms with van der Waals surface area (Å²) in [6, 6.07) is 1.99. The van der Waals surface area contributed by atoms with Crippen molar-refractivity contribution in [3.63, 3.8) is 0 Å². The first-order chi connectivity index (χ1) is 11.1. The van der Waals surface area contributed by atoms with Gasteiger partial charge in [-0.2, -0.15) is 0 Å². The highest BCUT2D eigenvalue weighted by atomic mass is 32.1. The van der Waals surface area contributed by atoms with Crippen LogP contribution in [-0.2, 0) is 9.53 Å². The summed E-state index contributed by atoms with van der Waals surface area (Å²) in [6.07, 6.45) is 1.15. The average molecular weight is 334 g/mol. The number of aromatic nitrogens is 2. The second-order valence-electron chi connectivity index (χ2n) is 6.25. The van der Waals surface area contributed by atoms with Gasteiger partial charge >= 0.3 is 0 Å². The molecule has 1 saturated heterocycles. The smallest absolute Gasteiger partial charge is 0.253 e. The van der Waals surface area contributed by atoms with Crippen LogP contribution in [0.4, 0.5) is 5.82 Å². The molecule has 23 heavy (non-hydrogen) atoms. The minimum Gasteiger partial charge on any atom is -0.365 e. The molecule has 3 rings (SSSR count). The lowest BCUT2D eigenvalue weighted by Gasteiger charge is -2.35. The second kappa shape index (κ2) is 6.80. The third-order valence-electron chi connectivity index (χ3n) is 3.88. The molecule has 1 atom stereocenters. The summed E-state index contributed by atoms with van der Waals surface area (Å²) in [5.41, 5.74) is 0.950. The summed E-state index contributed by atoms with van der Waals surface area (Å²) < 4.78 is 6.78. The van der Waals surface area contributed by atoms with E-state index in [0.29, 0.717) is 19.1 Å². The van der Waals surface area contributed by atoms with Gasteiger partial charge in [-0.3, -0.25) is 4.79 Å². The van der Waals surface area contributed by atoms with Crippen LogP contribution >= 0.6 is 11.3 Å². The van der Waals surface area contributed by atoms with Gasteiger partial charge in [0.2, 0.25) is 0 Å². The van der Waals surface area contributed by atoms with Crippen LogP contribution in [-0.4, -0.2) is 60.2 Å². The Morgan fingerprint density at radius 1 is 1.52 bits per heavy atom. The monoisotopic (exact) mass is 334 g/mol. The molecule has 6 nitrogen and oxygen atoms in total. The van der Waals surface area contributed by atoms with E-state index in [1.54, 1.807) is 22.6 Å². The zero-order valence-corrected chi connectivity index (χ0v) is 14.5. The van der Waals surface area contributed by atoms with Crippen LogP contribution in [0.3, 0.4) is 0 Å². The number of nitrogens with zero attached hydrogens (tertiary/aromatic N) is 4. The molecule has 1 aliphatic rings. The maximum absolute atomic E-state index is 12.6. The summed E-state index contributed by atoms with van der Waals surface area (Å²) in [5, 5.41) is 2.02. The first kappa shape index (κ1) is 16.1. The first-order valence-corrected chi connectivity index (χ1v) is 8.74. The number of anilines is 1. The molecule has 0 unspecified atom stereocenters. The average Bonchev–Trinajstić information content (AvgIpc) is 3.02. The first-order valence-electron chi connectivity index (χ1n) is 7.86. The third kappa shape index (κ3) is 3.45. The Hall–Kier alpha value is -1.73. The van der Waals surface area contributed by atoms with Crippen LogP contribution in [0.2, 0.25) is 0 Å². The van der Waals surface area contributed by atoms with Crippen LogP contribution in [0.1, 0.15) is 13.8 Å². The zero-order valence-electron chi connectivity index (χ0n) is 13.7. The number of carbonyl (C=O) groups excluding carboxylic acids is 1. The fourth-order valence-corrected chi connectivity index (χ4v) is 3.74. The van der Waals surface area contributed by atoms with Gasteiger partial charge in [-0.15, -0.1) is 11.3 Å². The van der Waals surface area contributed by atoms with Gasteiger partial charge in [0, 0.05) is 20.1 Å². The molecular formula is C16H22N4O2S. The van der Waals surface area contributed by atoms with Crippen molar-refractivity contribution in [1.82, 2.24) is 14.9 Å². The number of morpholine rings is 1. The maximum Gasteiger partial charge on any atom is 0.253 e. The number of ether oxygens (including phenoxy) is 1. The van der Waals surface area contributed by atoms with E-state index in [1.807, 2.05) is 18.5 Å². The van der Waals surface area contributed by atoms with E-state index < -0.39 is 6.10 Å². The van der Waals surface area contributed by atoms with E-state index >= 15 is 0 Å². The molecule has 124 valence electrons. The topological polar surface area (TPSA) is 58.6 Å². The number of rotatable bonds is 4. The zero-order chi connectivity index (χ0) is 16.4. The van der Waals surface area contributed by atoms with Gasteiger partial charge in [-0.05, 0) is 17.4 Å². The molecule has 3 heterocycles. The second-order valence-corrected chi connectivity index (χ2v) is 7.17. The van der Waals surface area contributed by atoms with Gasteiger partial charge in [0.05, 0.1) is 23.4 Å². The Morgan fingerprint density at radius 3 is 3.13 bits per heavy atom. The molecule has 0 radical (unpaired) electrons. The van der Waals surface area contributed by atoms with Crippen molar-refractivity contribution in [2.45, 2.75) is 20.0 Å². The molecule has 0 aliphatic carbocycles. The van der Waals surface area contributed by atoms with Crippen molar-refractivity contribution in [3.8, 4) is 0 Å². The van der Waals surface area contributed by atoms with Gasteiger partial charge in [-0.1, -0.05) is 13.8 Å². The fraction of sp³-hybridized carbons (Fsp3) is 0.562. The number of hydrogen-bond donors (Lipinski definition) is 0. The predicted molar refractivity (Wildman–Crippen MR) is 91.8 cm³/mol. The molecule has 0 N–H and O–H groups in total. The van der Waals surface area contributed by atoms with E-state index in [0.717, 1.165) is 29.1 Å². The molecular weight excluding hydrogens is 312 g/mol. The van der Waals surface area contributed by atoms with Gasteiger partial charge in [0.1, 0.15) is 12.1 Å². The molecule has 1 amide bonds. The van der Waals surface area contributed by atoms with E-state index in [-0.39, 0.29) is 5.91 Å². The summed E-state index contributed by atoms with van der Waals surface area (Å²) >= 11 is 1.63. The molecule has 0 bridgehead atoms. The Morgan fingerprint density at radius 2 is 2.35 bits per heavy atom. The lowest BCUT2D eigenvalue weighted by Crippen LogP contribution is -2.51. The molecule has 1 fully saturated rings. The van der Waals surface area contributed by atoms with Crippen LogP contribution in [0.25, 0.3) is 10.2 Å². The number of carbonyl (C=O) groups is 1. The lowest BCUT2D eigenvalue weighted by atomic mass is 10.2. The van der Waals surface area contributed by atoms with Crippen molar-refractivity contribution >= 4 is 33.3 Å². The van der Waals surface area contributed by atoms with Crippen molar-refractivity contribution in [2.24, 2.45) is 5.92 Å². The van der Waals surface area contributed by atoms with E-state index in [1.165, 1.54) is 0 Å². The highest BCUT2D eigenvalue weighted by Gasteiger charge is 2.30. The van der Waals surface area contributed by atoms with Crippen molar-refractivity contribution in [2.75, 3.05) is 38.2 Å². The van der Waals surface area contributed by atoms with Crippen LogP contribution in [0.5, 0.6) is 0 Å². The van der Waals surface area contributed by atoms with Crippen LogP contribution in [0, 0.1) is 5.92 Å². The van der Waals surface area contributed by atoms with Crippen molar-refractivity contribution in [1.29, 1.82) is 0 Å². The van der Waals surface area contributed by atoms with E-state index in [4.69, 9.17) is 4.74 Å². The maximum atomic E-state index is 12.6. The van der Waals surface area contributed by atoms with Crippen molar-refractivity contribution in [3.05, 3.63) is 17.8 Å². The molecule has 2 aromatic heterocycles. The standard InChI is InChI=1S/C16H22N4O2S/c1-11(2)8-19(3)16(21)13-9-20(5-6-22-13)15-14-12(4-7-23-14)17-10-18-15/h4,7,10-11,13H,5-6,8-9H2,1-3H3/t13-/m0/s1. The molecule has 7 heteroatoms. The summed E-state index contributed by atoms with van der Waals surface area (Å²) in [5.74, 6) is 1.38. The van der Waals surface area contributed by atoms with Crippen molar-refractivity contribution < 1.29 is 9.53 Å². The number of fused-ring (bicyclic) bond motifs is 1. The van der Waals surface area contributed by atoms with Gasteiger partial charge in [0.25, 0.3) is 5.91 Å². The van der Waals surface area contributed by atoms with Gasteiger partial charge in [-0.25, -0.2) is 9.97 Å². The molecule has 1 aliphatic heterocycles. The molecule has 0 aromatic carbocycles. The van der Waals surface area contributed by atoms with Crippen LogP contribution in [0.15, 0.2) is 17.8 Å². The minimum atomic E-state index is -0.433. The summed E-state index contributed by atoms with van der Waals surface area (Å²) in [7, 11) is 1.84. The fourth-order valence-electron chi connectivity index (χ4n) is 2.88. The highest BCUT2D eigenvalue weighted by Crippen LogP contribution is 2.29. The lowest BCUT2D eigenvalue weighted by molar-refractivity contribution is -0.143. The Labute approximate surface area is 140 Å². The number of hydrogen-bond acceptors (Lipinski definition) is 6. The Bertz CT molecular complexity index is 688. The largest absolute Gasteiger partial charge is 0.365 e. The van der Waals surface area contributed by atoms with Crippen LogP contribution < -0.4 is 4.90 Å².